The normalized spacial score (nSPS) is 10.7. The van der Waals surface area contributed by atoms with Gasteiger partial charge >= 0.3 is 0 Å². The topological polar surface area (TPSA) is 27.1 Å². The SMILES string of the molecule is CCn1c(C)c(C)c2ccnc(OCCc3ccc(F)cc3)c21.Cl. The quantitative estimate of drug-likeness (QED) is 0.658. The van der Waals surface area contributed by atoms with Crippen LogP contribution >= 0.6 is 12.4 Å². The fraction of sp³-hybridized carbons (Fsp3) is 0.316. The van der Waals surface area contributed by atoms with Crippen LogP contribution in [0.15, 0.2) is 36.5 Å². The number of aryl methyl sites for hydroxylation is 2. The number of nitrogens with zero attached hydrogens (tertiary/aromatic N) is 2. The average molecular weight is 349 g/mol. The van der Waals surface area contributed by atoms with Crippen LogP contribution in [-0.4, -0.2) is 16.2 Å². The zero-order chi connectivity index (χ0) is 16.4. The lowest BCUT2D eigenvalue weighted by atomic mass is 10.1. The summed E-state index contributed by atoms with van der Waals surface area (Å²) in [6.45, 7) is 7.79. The van der Waals surface area contributed by atoms with Crippen molar-refractivity contribution in [3.8, 4) is 5.88 Å². The highest BCUT2D eigenvalue weighted by atomic mass is 35.5. The molecule has 0 saturated heterocycles. The van der Waals surface area contributed by atoms with Crippen molar-refractivity contribution in [3.05, 3.63) is 59.2 Å². The highest BCUT2D eigenvalue weighted by molar-refractivity contribution is 5.88. The van der Waals surface area contributed by atoms with Crippen molar-refractivity contribution < 1.29 is 9.13 Å². The van der Waals surface area contributed by atoms with Gasteiger partial charge in [0.25, 0.3) is 0 Å². The molecular weight excluding hydrogens is 327 g/mol. The van der Waals surface area contributed by atoms with Crippen molar-refractivity contribution in [2.75, 3.05) is 6.61 Å². The van der Waals surface area contributed by atoms with Crippen molar-refractivity contribution in [1.29, 1.82) is 0 Å². The molecule has 5 heteroatoms. The summed E-state index contributed by atoms with van der Waals surface area (Å²) in [6.07, 6.45) is 2.52. The molecule has 3 rings (SSSR count). The molecule has 0 aliphatic rings. The van der Waals surface area contributed by atoms with Crippen LogP contribution in [0.3, 0.4) is 0 Å². The Kier molecular flexibility index (Phi) is 5.84. The molecule has 3 nitrogen and oxygen atoms in total. The van der Waals surface area contributed by atoms with Crippen molar-refractivity contribution in [1.82, 2.24) is 9.55 Å². The van der Waals surface area contributed by atoms with E-state index in [2.05, 4.69) is 30.3 Å². The van der Waals surface area contributed by atoms with E-state index in [0.29, 0.717) is 12.5 Å². The Labute approximate surface area is 147 Å². The Morgan fingerprint density at radius 1 is 1.12 bits per heavy atom. The number of aromatic nitrogens is 2. The van der Waals surface area contributed by atoms with Crippen LogP contribution in [0.1, 0.15) is 23.7 Å². The summed E-state index contributed by atoms with van der Waals surface area (Å²) in [5, 5.41) is 1.19. The number of fused-ring (bicyclic) bond motifs is 1. The predicted octanol–water partition coefficient (Wildman–Crippen LogP) is 4.86. The van der Waals surface area contributed by atoms with Gasteiger partial charge in [-0.05, 0) is 50.1 Å². The van der Waals surface area contributed by atoms with Crippen molar-refractivity contribution in [2.24, 2.45) is 0 Å². The number of hydrogen-bond acceptors (Lipinski definition) is 2. The molecule has 24 heavy (non-hydrogen) atoms. The van der Waals surface area contributed by atoms with Crippen LogP contribution in [0, 0.1) is 19.7 Å². The zero-order valence-electron chi connectivity index (χ0n) is 14.2. The van der Waals surface area contributed by atoms with Gasteiger partial charge in [-0.3, -0.25) is 0 Å². The number of hydrogen-bond donors (Lipinski definition) is 0. The highest BCUT2D eigenvalue weighted by Crippen LogP contribution is 2.30. The molecule has 0 fully saturated rings. The first-order valence-electron chi connectivity index (χ1n) is 7.93. The van der Waals surface area contributed by atoms with Crippen LogP contribution in [0.5, 0.6) is 5.88 Å². The molecule has 0 spiro atoms. The van der Waals surface area contributed by atoms with Gasteiger partial charge in [0, 0.05) is 30.2 Å². The standard InChI is InChI=1S/C19H21FN2O.ClH/c1-4-22-14(3)13(2)17-9-11-21-19(18(17)22)23-12-10-15-5-7-16(20)8-6-15;/h5-9,11H,4,10,12H2,1-3H3;1H. The van der Waals surface area contributed by atoms with Crippen LogP contribution in [0.4, 0.5) is 4.39 Å². The maximum atomic E-state index is 12.9. The third-order valence-corrected chi connectivity index (χ3v) is 4.37. The third-order valence-electron chi connectivity index (χ3n) is 4.37. The van der Waals surface area contributed by atoms with Crippen LogP contribution in [-0.2, 0) is 13.0 Å². The largest absolute Gasteiger partial charge is 0.476 e. The van der Waals surface area contributed by atoms with Gasteiger partial charge in [-0.2, -0.15) is 0 Å². The summed E-state index contributed by atoms with van der Waals surface area (Å²) in [5.41, 5.74) is 4.63. The molecule has 0 aliphatic carbocycles. The van der Waals surface area contributed by atoms with Crippen LogP contribution < -0.4 is 4.74 Å². The van der Waals surface area contributed by atoms with E-state index in [-0.39, 0.29) is 18.2 Å². The van der Waals surface area contributed by atoms with E-state index in [4.69, 9.17) is 4.74 Å². The first kappa shape index (κ1) is 18.3. The Morgan fingerprint density at radius 2 is 1.83 bits per heavy atom. The van der Waals surface area contributed by atoms with Gasteiger partial charge in [0.15, 0.2) is 0 Å². The van der Waals surface area contributed by atoms with Gasteiger partial charge in [-0.15, -0.1) is 12.4 Å². The van der Waals surface area contributed by atoms with Gasteiger partial charge < -0.3 is 9.30 Å². The Bertz CT molecular complexity index is 827. The molecule has 2 heterocycles. The summed E-state index contributed by atoms with van der Waals surface area (Å²) < 4.78 is 21.1. The Hall–Kier alpha value is -2.07. The lowest BCUT2D eigenvalue weighted by molar-refractivity contribution is 0.312. The summed E-state index contributed by atoms with van der Waals surface area (Å²) in [6, 6.07) is 8.56. The smallest absolute Gasteiger partial charge is 0.238 e. The molecular formula is C19H22ClFN2O. The Morgan fingerprint density at radius 3 is 2.50 bits per heavy atom. The molecule has 1 aromatic carbocycles. The summed E-state index contributed by atoms with van der Waals surface area (Å²) in [5.74, 6) is 0.454. The molecule has 0 aliphatic heterocycles. The number of benzene rings is 1. The second kappa shape index (κ2) is 7.67. The van der Waals surface area contributed by atoms with E-state index in [1.807, 2.05) is 6.07 Å². The predicted molar refractivity (Wildman–Crippen MR) is 97.7 cm³/mol. The van der Waals surface area contributed by atoms with Crippen LogP contribution in [0.2, 0.25) is 0 Å². The van der Waals surface area contributed by atoms with E-state index < -0.39 is 0 Å². The van der Waals surface area contributed by atoms with E-state index in [1.54, 1.807) is 18.3 Å². The molecule has 3 aromatic rings. The number of halogens is 2. The van der Waals surface area contributed by atoms with E-state index >= 15 is 0 Å². The third kappa shape index (κ3) is 3.39. The van der Waals surface area contributed by atoms with Crippen molar-refractivity contribution in [2.45, 2.75) is 33.7 Å². The van der Waals surface area contributed by atoms with Crippen molar-refractivity contribution in [3.63, 3.8) is 0 Å². The molecule has 0 unspecified atom stereocenters. The lowest BCUT2D eigenvalue weighted by Gasteiger charge is -2.10. The maximum absolute atomic E-state index is 12.9. The molecule has 128 valence electrons. The molecule has 0 atom stereocenters. The monoisotopic (exact) mass is 348 g/mol. The summed E-state index contributed by atoms with van der Waals surface area (Å²) >= 11 is 0. The lowest BCUT2D eigenvalue weighted by Crippen LogP contribution is -2.05. The molecule has 0 amide bonds. The molecule has 0 radical (unpaired) electrons. The minimum atomic E-state index is -0.215. The number of ether oxygens (including phenoxy) is 1. The average Bonchev–Trinajstić information content (AvgIpc) is 2.81. The Balaban J connectivity index is 0.00000208. The molecule has 2 aromatic heterocycles. The van der Waals surface area contributed by atoms with Gasteiger partial charge in [-0.1, -0.05) is 12.1 Å². The minimum Gasteiger partial charge on any atom is -0.476 e. The maximum Gasteiger partial charge on any atom is 0.238 e. The van der Waals surface area contributed by atoms with E-state index in [1.165, 1.54) is 28.8 Å². The first-order valence-corrected chi connectivity index (χ1v) is 7.93. The number of rotatable bonds is 5. The van der Waals surface area contributed by atoms with Crippen molar-refractivity contribution >= 4 is 23.3 Å². The summed E-state index contributed by atoms with van der Waals surface area (Å²) in [7, 11) is 0. The van der Waals surface area contributed by atoms with E-state index in [0.717, 1.165) is 24.0 Å². The van der Waals surface area contributed by atoms with Gasteiger partial charge in [-0.25, -0.2) is 9.37 Å². The van der Waals surface area contributed by atoms with Gasteiger partial charge in [0.2, 0.25) is 5.88 Å². The van der Waals surface area contributed by atoms with E-state index in [9.17, 15) is 4.39 Å². The second-order valence-corrected chi connectivity index (χ2v) is 5.69. The fourth-order valence-corrected chi connectivity index (χ4v) is 2.98. The second-order valence-electron chi connectivity index (χ2n) is 5.69. The summed E-state index contributed by atoms with van der Waals surface area (Å²) in [4.78, 5) is 4.41. The molecule has 0 N–H and O–H groups in total. The zero-order valence-corrected chi connectivity index (χ0v) is 15.0. The van der Waals surface area contributed by atoms with Gasteiger partial charge in [0.1, 0.15) is 11.3 Å². The minimum absolute atomic E-state index is 0. The fourth-order valence-electron chi connectivity index (χ4n) is 2.98. The molecule has 0 bridgehead atoms. The number of pyridine rings is 1. The first-order chi connectivity index (χ1) is 11.1. The van der Waals surface area contributed by atoms with Gasteiger partial charge in [0.05, 0.1) is 6.61 Å². The van der Waals surface area contributed by atoms with Crippen LogP contribution in [0.25, 0.3) is 10.9 Å². The highest BCUT2D eigenvalue weighted by Gasteiger charge is 2.15. The molecule has 0 saturated carbocycles.